The molecule has 0 aromatic heterocycles. The van der Waals surface area contributed by atoms with Gasteiger partial charge in [-0.2, -0.15) is 0 Å². The molecule has 110 valence electrons. The summed E-state index contributed by atoms with van der Waals surface area (Å²) in [5.74, 6) is 0.436. The zero-order valence-electron chi connectivity index (χ0n) is 11.5. The van der Waals surface area contributed by atoms with Crippen LogP contribution < -0.4 is 14.2 Å². The van der Waals surface area contributed by atoms with E-state index in [9.17, 15) is 9.90 Å². The Bertz CT molecular complexity index is 485. The average Bonchev–Trinajstić information content (AvgIpc) is 2.70. The maximum Gasteiger partial charge on any atom is 0.339 e. The molecule has 1 aromatic carbocycles. The van der Waals surface area contributed by atoms with E-state index in [2.05, 4.69) is 0 Å². The molecule has 6 heteroatoms. The van der Waals surface area contributed by atoms with Crippen molar-refractivity contribution in [3.05, 3.63) is 17.7 Å². The highest BCUT2D eigenvalue weighted by Gasteiger charge is 2.30. The summed E-state index contributed by atoms with van der Waals surface area (Å²) < 4.78 is 21.2. The number of rotatable bonds is 4. The van der Waals surface area contributed by atoms with E-state index in [-0.39, 0.29) is 12.2 Å². The maximum atomic E-state index is 11.8. The smallest absolute Gasteiger partial charge is 0.339 e. The van der Waals surface area contributed by atoms with Crippen molar-refractivity contribution in [2.24, 2.45) is 0 Å². The van der Waals surface area contributed by atoms with Gasteiger partial charge >= 0.3 is 5.97 Å². The molecule has 1 atom stereocenters. The van der Waals surface area contributed by atoms with E-state index in [0.29, 0.717) is 30.5 Å². The number of carbonyl (C=O) groups is 1. The summed E-state index contributed by atoms with van der Waals surface area (Å²) in [6.07, 6.45) is -0.743. The molecule has 0 fully saturated rings. The zero-order valence-corrected chi connectivity index (χ0v) is 11.5. The lowest BCUT2D eigenvalue weighted by atomic mass is 10.1. The summed E-state index contributed by atoms with van der Waals surface area (Å²) in [5, 5.41) is 10.2. The van der Waals surface area contributed by atoms with E-state index < -0.39 is 12.1 Å². The number of aliphatic hydroxyl groups is 1. The summed E-state index contributed by atoms with van der Waals surface area (Å²) >= 11 is 0. The van der Waals surface area contributed by atoms with Crippen molar-refractivity contribution in [1.82, 2.24) is 0 Å². The van der Waals surface area contributed by atoms with E-state index in [4.69, 9.17) is 18.9 Å². The molecule has 20 heavy (non-hydrogen) atoms. The summed E-state index contributed by atoms with van der Waals surface area (Å²) in [6, 6.07) is 3.33. The molecule has 6 nitrogen and oxygen atoms in total. The van der Waals surface area contributed by atoms with Gasteiger partial charge in [0.15, 0.2) is 17.6 Å². The van der Waals surface area contributed by atoms with Gasteiger partial charge in [-0.3, -0.25) is 0 Å². The highest BCUT2D eigenvalue weighted by molar-refractivity contribution is 5.79. The van der Waals surface area contributed by atoms with Crippen LogP contribution in [0.25, 0.3) is 0 Å². The lowest BCUT2D eigenvalue weighted by molar-refractivity contribution is -0.153. The second-order valence-corrected chi connectivity index (χ2v) is 4.21. The predicted molar refractivity (Wildman–Crippen MR) is 70.2 cm³/mol. The Labute approximate surface area is 117 Å². The summed E-state index contributed by atoms with van der Waals surface area (Å²) in [6.45, 7) is 2.83. The monoisotopic (exact) mass is 282 g/mol. The molecule has 0 amide bonds. The van der Waals surface area contributed by atoms with Crippen molar-refractivity contribution < 1.29 is 28.8 Å². The fourth-order valence-electron chi connectivity index (χ4n) is 2.02. The minimum absolute atomic E-state index is 0.185. The second-order valence-electron chi connectivity index (χ2n) is 4.21. The first kappa shape index (κ1) is 14.5. The molecule has 1 unspecified atom stereocenters. The van der Waals surface area contributed by atoms with Crippen molar-refractivity contribution >= 4 is 5.97 Å². The average molecular weight is 282 g/mol. The van der Waals surface area contributed by atoms with E-state index in [1.807, 2.05) is 0 Å². The molecular formula is C14H18O6. The van der Waals surface area contributed by atoms with E-state index >= 15 is 0 Å². The first-order valence-electron chi connectivity index (χ1n) is 6.50. The van der Waals surface area contributed by atoms with Gasteiger partial charge in [-0.25, -0.2) is 4.79 Å². The first-order valence-corrected chi connectivity index (χ1v) is 6.50. The zero-order chi connectivity index (χ0) is 14.5. The highest BCUT2D eigenvalue weighted by atomic mass is 16.6. The number of methoxy groups -OCH3 is 1. The molecule has 2 rings (SSSR count). The van der Waals surface area contributed by atoms with Crippen LogP contribution in [-0.4, -0.2) is 38.0 Å². The van der Waals surface area contributed by atoms with Crippen LogP contribution in [0.2, 0.25) is 0 Å². The van der Waals surface area contributed by atoms with Gasteiger partial charge in [0.2, 0.25) is 0 Å². The van der Waals surface area contributed by atoms with E-state index in [1.54, 1.807) is 19.1 Å². The fourth-order valence-corrected chi connectivity index (χ4v) is 2.02. The Morgan fingerprint density at radius 2 is 2.15 bits per heavy atom. The molecular weight excluding hydrogens is 264 g/mol. The van der Waals surface area contributed by atoms with Gasteiger partial charge in [0.05, 0.1) is 32.5 Å². The summed E-state index contributed by atoms with van der Waals surface area (Å²) in [7, 11) is 1.46. The number of hydrogen-bond donors (Lipinski definition) is 1. The number of benzene rings is 1. The molecule has 1 N–H and O–H groups in total. The van der Waals surface area contributed by atoms with Gasteiger partial charge in [0, 0.05) is 6.42 Å². The number of fused-ring (bicyclic) bond motifs is 1. The standard InChI is InChI=1S/C14H18O6/c1-3-18-14(16)12(15)11-9(17-2)5-6-10-13(11)20-8-4-7-19-10/h5-6,12,15H,3-4,7-8H2,1-2H3. The number of aliphatic hydroxyl groups excluding tert-OH is 1. The number of carbonyl (C=O) groups excluding carboxylic acids is 1. The van der Waals surface area contributed by atoms with Crippen LogP contribution in [0, 0.1) is 0 Å². The third-order valence-corrected chi connectivity index (χ3v) is 2.92. The van der Waals surface area contributed by atoms with Gasteiger partial charge in [-0.05, 0) is 19.1 Å². The topological polar surface area (TPSA) is 74.2 Å². The van der Waals surface area contributed by atoms with Gasteiger partial charge in [-0.1, -0.05) is 0 Å². The van der Waals surface area contributed by atoms with Crippen LogP contribution in [0.4, 0.5) is 0 Å². The molecule has 1 heterocycles. The first-order chi connectivity index (χ1) is 9.69. The largest absolute Gasteiger partial charge is 0.496 e. The van der Waals surface area contributed by atoms with E-state index in [0.717, 1.165) is 6.42 Å². The van der Waals surface area contributed by atoms with Gasteiger partial charge in [0.25, 0.3) is 0 Å². The Balaban J connectivity index is 2.45. The molecule has 0 spiro atoms. The SMILES string of the molecule is CCOC(=O)C(O)c1c(OC)ccc2c1OCCCO2. The summed E-state index contributed by atoms with van der Waals surface area (Å²) in [5.41, 5.74) is 0.241. The van der Waals surface area contributed by atoms with Crippen molar-refractivity contribution in [3.63, 3.8) is 0 Å². The van der Waals surface area contributed by atoms with Crippen molar-refractivity contribution in [2.75, 3.05) is 26.9 Å². The quantitative estimate of drug-likeness (QED) is 0.843. The predicted octanol–water partition coefficient (Wildman–Crippen LogP) is 1.45. The molecule has 1 aliphatic rings. The summed E-state index contributed by atoms with van der Waals surface area (Å²) in [4.78, 5) is 11.8. The van der Waals surface area contributed by atoms with Crippen LogP contribution in [-0.2, 0) is 9.53 Å². The Kier molecular flexibility index (Phi) is 4.68. The number of esters is 1. The third kappa shape index (κ3) is 2.80. The molecule has 0 saturated carbocycles. The van der Waals surface area contributed by atoms with Crippen molar-refractivity contribution in [2.45, 2.75) is 19.4 Å². The second kappa shape index (κ2) is 6.47. The van der Waals surface area contributed by atoms with Gasteiger partial charge < -0.3 is 24.1 Å². The Morgan fingerprint density at radius 3 is 2.85 bits per heavy atom. The van der Waals surface area contributed by atoms with Gasteiger partial charge in [0.1, 0.15) is 5.75 Å². The lowest BCUT2D eigenvalue weighted by Crippen LogP contribution is -2.17. The molecule has 0 radical (unpaired) electrons. The van der Waals surface area contributed by atoms with Crippen LogP contribution in [0.15, 0.2) is 12.1 Å². The van der Waals surface area contributed by atoms with Crippen molar-refractivity contribution in [3.8, 4) is 17.2 Å². The minimum atomic E-state index is -1.47. The van der Waals surface area contributed by atoms with Crippen LogP contribution in [0.3, 0.4) is 0 Å². The van der Waals surface area contributed by atoms with Crippen LogP contribution >= 0.6 is 0 Å². The Morgan fingerprint density at radius 1 is 1.40 bits per heavy atom. The Hall–Kier alpha value is -1.95. The molecule has 0 saturated heterocycles. The molecule has 0 bridgehead atoms. The molecule has 1 aliphatic heterocycles. The van der Waals surface area contributed by atoms with Crippen molar-refractivity contribution in [1.29, 1.82) is 0 Å². The number of hydrogen-bond acceptors (Lipinski definition) is 6. The lowest BCUT2D eigenvalue weighted by Gasteiger charge is -2.19. The van der Waals surface area contributed by atoms with Crippen LogP contribution in [0.1, 0.15) is 25.0 Å². The van der Waals surface area contributed by atoms with E-state index in [1.165, 1.54) is 7.11 Å². The third-order valence-electron chi connectivity index (χ3n) is 2.92. The molecule has 0 aliphatic carbocycles. The minimum Gasteiger partial charge on any atom is -0.496 e. The van der Waals surface area contributed by atoms with Crippen LogP contribution in [0.5, 0.6) is 17.2 Å². The molecule has 1 aromatic rings. The fraction of sp³-hybridized carbons (Fsp3) is 0.500. The normalized spacial score (nSPS) is 15.2. The maximum absolute atomic E-state index is 11.8. The number of ether oxygens (including phenoxy) is 4. The highest BCUT2D eigenvalue weighted by Crippen LogP contribution is 2.42. The van der Waals surface area contributed by atoms with Gasteiger partial charge in [-0.15, -0.1) is 0 Å².